The van der Waals surface area contributed by atoms with Crippen LogP contribution in [0.3, 0.4) is 0 Å². The summed E-state index contributed by atoms with van der Waals surface area (Å²) in [6.45, 7) is 19.3. The van der Waals surface area contributed by atoms with Gasteiger partial charge < -0.3 is 28.4 Å². The Balaban J connectivity index is 0.000000744. The first-order valence-electron chi connectivity index (χ1n) is 15.1. The molecule has 2 saturated heterocycles. The molecule has 0 spiro atoms. The van der Waals surface area contributed by atoms with Crippen LogP contribution in [0.1, 0.15) is 86.5 Å². The number of Topliss-reactive ketones (excluding diaryl/α,β-unsaturated/α-hetero) is 2. The summed E-state index contributed by atoms with van der Waals surface area (Å²) in [5.74, 6) is -4.14. The third kappa shape index (κ3) is 10.3. The van der Waals surface area contributed by atoms with E-state index in [9.17, 15) is 24.0 Å². The molecule has 2 rings (SSSR count). The topological polar surface area (TPSA) is 141 Å². The molecule has 256 valence electrons. The van der Waals surface area contributed by atoms with Crippen molar-refractivity contribution in [3.8, 4) is 0 Å². The number of ketones is 2. The predicted molar refractivity (Wildman–Crippen MR) is 169 cm³/mol. The van der Waals surface area contributed by atoms with Crippen molar-refractivity contribution in [3.63, 3.8) is 0 Å². The lowest BCUT2D eigenvalue weighted by Gasteiger charge is -2.48. The van der Waals surface area contributed by atoms with Gasteiger partial charge in [-0.05, 0) is 32.1 Å². The largest absolute Gasteiger partial charge is 0.466 e. The monoisotopic (exact) mass is 638 g/mol. The Morgan fingerprint density at radius 1 is 0.844 bits per heavy atom. The Hall–Kier alpha value is -2.99. The smallest absolute Gasteiger partial charge is 0.371 e. The highest BCUT2D eigenvalue weighted by molar-refractivity contribution is 6.20. The van der Waals surface area contributed by atoms with E-state index in [0.29, 0.717) is 31.3 Å². The van der Waals surface area contributed by atoms with Crippen molar-refractivity contribution < 1.29 is 52.4 Å². The molecule has 0 aliphatic carbocycles. The Morgan fingerprint density at radius 2 is 1.31 bits per heavy atom. The quantitative estimate of drug-likeness (QED) is 0.0910. The van der Waals surface area contributed by atoms with Gasteiger partial charge in [0.15, 0.2) is 5.78 Å². The highest BCUT2D eigenvalue weighted by Crippen LogP contribution is 2.46. The summed E-state index contributed by atoms with van der Waals surface area (Å²) in [4.78, 5) is 55.6. The number of aldehydes is 1. The van der Waals surface area contributed by atoms with Crippen molar-refractivity contribution >= 4 is 29.8 Å². The molecule has 2 fully saturated rings. The molecular formula is C34H54O11. The van der Waals surface area contributed by atoms with E-state index >= 15 is 0 Å². The zero-order chi connectivity index (χ0) is 35.1. The van der Waals surface area contributed by atoms with Crippen molar-refractivity contribution in [2.75, 3.05) is 28.4 Å². The fourth-order valence-electron chi connectivity index (χ4n) is 5.06. The second kappa shape index (κ2) is 18.9. The Bertz CT molecular complexity index is 1070. The molecule has 2 aliphatic heterocycles. The summed E-state index contributed by atoms with van der Waals surface area (Å²) < 4.78 is 31.6. The summed E-state index contributed by atoms with van der Waals surface area (Å²) in [5.41, 5.74) is -0.500. The number of ether oxygens (including phenoxy) is 6. The summed E-state index contributed by atoms with van der Waals surface area (Å²) in [7, 11) is 5.45. The van der Waals surface area contributed by atoms with Crippen LogP contribution in [0, 0.1) is 10.8 Å². The predicted octanol–water partition coefficient (Wildman–Crippen LogP) is 5.25. The third-order valence-corrected chi connectivity index (χ3v) is 8.54. The first kappa shape index (κ1) is 42.0. The van der Waals surface area contributed by atoms with E-state index in [4.69, 9.17) is 18.9 Å². The average Bonchev–Trinajstić information content (AvgIpc) is 3.03. The number of esters is 2. The van der Waals surface area contributed by atoms with Crippen LogP contribution in [0.2, 0.25) is 0 Å². The molecule has 0 N–H and O–H groups in total. The average molecular weight is 639 g/mol. The maximum absolute atomic E-state index is 12.9. The summed E-state index contributed by atoms with van der Waals surface area (Å²) >= 11 is 0. The van der Waals surface area contributed by atoms with Crippen molar-refractivity contribution in [2.45, 2.75) is 110 Å². The molecule has 0 aromatic heterocycles. The Morgan fingerprint density at radius 3 is 1.71 bits per heavy atom. The zero-order valence-corrected chi connectivity index (χ0v) is 28.8. The number of rotatable bonds is 12. The lowest BCUT2D eigenvalue weighted by molar-refractivity contribution is -0.291. The molecule has 45 heavy (non-hydrogen) atoms. The second-order valence-corrected chi connectivity index (χ2v) is 12.0. The van der Waals surface area contributed by atoms with Gasteiger partial charge in [0.1, 0.15) is 0 Å². The summed E-state index contributed by atoms with van der Waals surface area (Å²) in [6.07, 6.45) is 9.14. The molecule has 0 radical (unpaired) electrons. The van der Waals surface area contributed by atoms with Crippen LogP contribution in [-0.2, 0) is 52.4 Å². The number of carbonyl (C=O) groups excluding carboxylic acids is 5. The van der Waals surface area contributed by atoms with Crippen LogP contribution < -0.4 is 0 Å². The standard InChI is InChI=1S/C17H26O5.C14H24O3.C3H4O3/c1-7-9-13-10-12(11-14(18)20-5)15(19)17(21-6,22-13)16(3,4)8-2;1-6-8-11-9-10-12(15)14(16-5,17-11)13(3,4)7-2;1-6-3(5)2-4/h7,11,13H,1,8-10H2,2-6H3;6,11H,1,7-10H2,2-5H3;2H,1H3/b12-11+;;/t13-,17-;11-,14-;/m11./s1. The first-order chi connectivity index (χ1) is 21.0. The summed E-state index contributed by atoms with van der Waals surface area (Å²) in [5, 5.41) is 0. The van der Waals surface area contributed by atoms with Gasteiger partial charge in [0.2, 0.25) is 23.6 Å². The first-order valence-corrected chi connectivity index (χ1v) is 15.1. The molecule has 0 amide bonds. The fourth-order valence-corrected chi connectivity index (χ4v) is 5.06. The molecule has 11 heteroatoms. The van der Waals surface area contributed by atoms with Crippen molar-refractivity contribution in [1.82, 2.24) is 0 Å². The van der Waals surface area contributed by atoms with Gasteiger partial charge in [0.25, 0.3) is 0 Å². The normalized spacial score (nSPS) is 26.0. The number of hydrogen-bond acceptors (Lipinski definition) is 11. The van der Waals surface area contributed by atoms with Crippen molar-refractivity contribution in [1.29, 1.82) is 0 Å². The molecule has 2 aliphatic rings. The van der Waals surface area contributed by atoms with Gasteiger partial charge in [-0.15, -0.1) is 13.2 Å². The van der Waals surface area contributed by atoms with Crippen molar-refractivity contribution in [2.24, 2.45) is 10.8 Å². The third-order valence-electron chi connectivity index (χ3n) is 8.54. The zero-order valence-electron chi connectivity index (χ0n) is 28.8. The lowest BCUT2D eigenvalue weighted by atomic mass is 9.74. The van der Waals surface area contributed by atoms with E-state index in [1.54, 1.807) is 13.2 Å². The molecule has 0 unspecified atom stereocenters. The van der Waals surface area contributed by atoms with Gasteiger partial charge in [-0.2, -0.15) is 0 Å². The van der Waals surface area contributed by atoms with E-state index in [-0.39, 0.29) is 35.5 Å². The van der Waals surface area contributed by atoms with E-state index in [2.05, 4.69) is 29.6 Å². The molecular weight excluding hydrogens is 584 g/mol. The van der Waals surface area contributed by atoms with Crippen LogP contribution in [0.5, 0.6) is 0 Å². The second-order valence-electron chi connectivity index (χ2n) is 12.0. The SMILES string of the molecule is C=CC[C@@H]1C/C(=C\C(=O)OC)C(=O)[C@](OC)(C(C)(C)CC)O1.C=CC[C@@H]1CCC(=O)[C@](OC)(C(C)(C)CC)O1.COC(=O)C=O. The van der Waals surface area contributed by atoms with Crippen LogP contribution in [-0.4, -0.2) is 82.0 Å². The minimum absolute atomic E-state index is 0.0379. The van der Waals surface area contributed by atoms with E-state index in [1.165, 1.54) is 20.3 Å². The minimum atomic E-state index is -1.41. The Kier molecular flexibility index (Phi) is 17.6. The molecule has 11 nitrogen and oxygen atoms in total. The van der Waals surface area contributed by atoms with Gasteiger partial charge in [0, 0.05) is 49.5 Å². The molecule has 0 bridgehead atoms. The van der Waals surface area contributed by atoms with Gasteiger partial charge >= 0.3 is 11.9 Å². The molecule has 4 atom stereocenters. The lowest BCUT2D eigenvalue weighted by Crippen LogP contribution is -2.59. The van der Waals surface area contributed by atoms with Crippen molar-refractivity contribution in [3.05, 3.63) is 37.0 Å². The summed E-state index contributed by atoms with van der Waals surface area (Å²) in [6, 6.07) is 0. The van der Waals surface area contributed by atoms with Gasteiger partial charge in [-0.3, -0.25) is 14.4 Å². The van der Waals surface area contributed by atoms with Gasteiger partial charge in [0.05, 0.1) is 26.4 Å². The molecule has 0 aromatic carbocycles. The number of methoxy groups -OCH3 is 4. The van der Waals surface area contributed by atoms with Gasteiger partial charge in [-0.25, -0.2) is 9.59 Å². The molecule has 2 heterocycles. The van der Waals surface area contributed by atoms with Crippen LogP contribution in [0.15, 0.2) is 37.0 Å². The maximum atomic E-state index is 12.9. The maximum Gasteiger partial charge on any atom is 0.371 e. The Labute approximate surface area is 268 Å². The van der Waals surface area contributed by atoms with Crippen LogP contribution in [0.4, 0.5) is 0 Å². The molecule has 0 aromatic rings. The minimum Gasteiger partial charge on any atom is -0.466 e. The van der Waals surface area contributed by atoms with E-state index < -0.39 is 28.9 Å². The molecule has 0 saturated carbocycles. The number of carbonyl (C=O) groups is 5. The van der Waals surface area contributed by atoms with Crippen LogP contribution >= 0.6 is 0 Å². The van der Waals surface area contributed by atoms with E-state index in [0.717, 1.165) is 26.4 Å². The van der Waals surface area contributed by atoms with Crippen LogP contribution in [0.25, 0.3) is 0 Å². The fraction of sp³-hybridized carbons (Fsp3) is 0.676. The highest BCUT2D eigenvalue weighted by Gasteiger charge is 2.57. The van der Waals surface area contributed by atoms with E-state index in [1.807, 2.05) is 40.7 Å². The highest BCUT2D eigenvalue weighted by atomic mass is 16.7. The number of hydrogen-bond donors (Lipinski definition) is 0. The van der Waals surface area contributed by atoms with Gasteiger partial charge in [-0.1, -0.05) is 53.7 Å².